The van der Waals surface area contributed by atoms with Crippen molar-refractivity contribution in [2.45, 2.75) is 25.3 Å². The molecule has 8 heteroatoms. The van der Waals surface area contributed by atoms with Gasteiger partial charge in [0.15, 0.2) is 5.13 Å². The Morgan fingerprint density at radius 2 is 2.05 bits per heavy atom. The number of anilines is 1. The van der Waals surface area contributed by atoms with E-state index in [0.29, 0.717) is 16.1 Å². The fourth-order valence-electron chi connectivity index (χ4n) is 1.88. The van der Waals surface area contributed by atoms with Crippen LogP contribution in [0.15, 0.2) is 26.9 Å². The van der Waals surface area contributed by atoms with Gasteiger partial charge < -0.3 is 5.32 Å². The van der Waals surface area contributed by atoms with Gasteiger partial charge in [-0.3, -0.25) is 4.72 Å². The molecule has 1 aromatic carbocycles. The molecule has 0 atom stereocenters. The van der Waals surface area contributed by atoms with Crippen molar-refractivity contribution >= 4 is 42.4 Å². The van der Waals surface area contributed by atoms with Gasteiger partial charge in [0, 0.05) is 16.4 Å². The predicted molar refractivity (Wildman–Crippen MR) is 89.3 cm³/mol. The van der Waals surface area contributed by atoms with Crippen LogP contribution < -0.4 is 10.0 Å². The van der Waals surface area contributed by atoms with Gasteiger partial charge in [-0.25, -0.2) is 13.4 Å². The molecule has 0 fully saturated rings. The first-order valence-electron chi connectivity index (χ1n) is 6.22. The van der Waals surface area contributed by atoms with Crippen LogP contribution in [0.2, 0.25) is 0 Å². The lowest BCUT2D eigenvalue weighted by molar-refractivity contribution is 0.600. The second-order valence-electron chi connectivity index (χ2n) is 4.65. The van der Waals surface area contributed by atoms with E-state index in [1.54, 1.807) is 11.4 Å². The third-order valence-electron chi connectivity index (χ3n) is 2.79. The lowest BCUT2D eigenvalue weighted by Crippen LogP contribution is -2.15. The summed E-state index contributed by atoms with van der Waals surface area (Å²) in [6.07, 6.45) is 0. The summed E-state index contributed by atoms with van der Waals surface area (Å²) in [4.78, 5) is 4.36. The highest BCUT2D eigenvalue weighted by molar-refractivity contribution is 9.10. The second-order valence-corrected chi connectivity index (χ2v) is 7.96. The number of benzene rings is 1. The largest absolute Gasteiger partial charge is 0.316 e. The number of thiazole rings is 1. The van der Waals surface area contributed by atoms with Crippen LogP contribution >= 0.6 is 27.3 Å². The Kier molecular flexibility index (Phi) is 5.03. The maximum absolute atomic E-state index is 12.5. The molecule has 0 bridgehead atoms. The Hall–Kier alpha value is -0.960. The number of nitrogens with zero attached hydrogens (tertiary/aromatic N) is 1. The summed E-state index contributed by atoms with van der Waals surface area (Å²) in [7, 11) is -1.85. The van der Waals surface area contributed by atoms with Gasteiger partial charge in [0.1, 0.15) is 4.90 Å². The third-order valence-corrected chi connectivity index (χ3v) is 6.47. The summed E-state index contributed by atoms with van der Waals surface area (Å²) in [6.45, 7) is 4.30. The summed E-state index contributed by atoms with van der Waals surface area (Å²) in [5.41, 5.74) is 2.57. The van der Waals surface area contributed by atoms with Crippen LogP contribution in [0, 0.1) is 13.8 Å². The molecule has 0 saturated carbocycles. The van der Waals surface area contributed by atoms with Crippen LogP contribution in [-0.4, -0.2) is 20.4 Å². The number of sulfonamides is 1. The Balaban J connectivity index is 2.43. The summed E-state index contributed by atoms with van der Waals surface area (Å²) in [5, 5.41) is 5.19. The number of aryl methyl sites for hydroxylation is 2. The quantitative estimate of drug-likeness (QED) is 0.823. The average molecular weight is 390 g/mol. The van der Waals surface area contributed by atoms with Crippen molar-refractivity contribution in [2.24, 2.45) is 0 Å². The van der Waals surface area contributed by atoms with Gasteiger partial charge in [-0.15, -0.1) is 11.3 Å². The van der Waals surface area contributed by atoms with Crippen LogP contribution in [0.3, 0.4) is 0 Å². The zero-order valence-corrected chi connectivity index (χ0v) is 15.1. The molecule has 2 rings (SSSR count). The molecule has 0 aliphatic rings. The van der Waals surface area contributed by atoms with E-state index in [2.05, 4.69) is 31.0 Å². The predicted octanol–water partition coefficient (Wildman–Crippen LogP) is 3.04. The highest BCUT2D eigenvalue weighted by Crippen LogP contribution is 2.29. The fourth-order valence-corrected chi connectivity index (χ4v) is 4.89. The van der Waals surface area contributed by atoms with Crippen molar-refractivity contribution in [1.29, 1.82) is 0 Å². The van der Waals surface area contributed by atoms with Crippen LogP contribution in [0.4, 0.5) is 5.13 Å². The highest BCUT2D eigenvalue weighted by Gasteiger charge is 2.21. The van der Waals surface area contributed by atoms with E-state index < -0.39 is 10.0 Å². The molecule has 0 unspecified atom stereocenters. The van der Waals surface area contributed by atoms with Gasteiger partial charge in [-0.1, -0.05) is 6.07 Å². The smallest absolute Gasteiger partial charge is 0.264 e. The molecular weight excluding hydrogens is 374 g/mol. The Labute approximate surface area is 137 Å². The molecule has 2 N–H and O–H groups in total. The molecular formula is C13H16BrN3O2S2. The molecule has 1 heterocycles. The van der Waals surface area contributed by atoms with E-state index in [4.69, 9.17) is 0 Å². The second kappa shape index (κ2) is 6.43. The molecule has 2 aromatic rings. The molecule has 1 aromatic heterocycles. The maximum atomic E-state index is 12.5. The van der Waals surface area contributed by atoms with Crippen molar-refractivity contribution in [3.8, 4) is 0 Å². The van der Waals surface area contributed by atoms with Gasteiger partial charge in [-0.05, 0) is 54.0 Å². The van der Waals surface area contributed by atoms with Crippen LogP contribution in [-0.2, 0) is 16.6 Å². The Morgan fingerprint density at radius 1 is 1.33 bits per heavy atom. The van der Waals surface area contributed by atoms with E-state index in [1.807, 2.05) is 27.0 Å². The summed E-state index contributed by atoms with van der Waals surface area (Å²) >= 11 is 4.63. The molecule has 0 aliphatic carbocycles. The van der Waals surface area contributed by atoms with E-state index in [-0.39, 0.29) is 4.90 Å². The molecule has 0 saturated heterocycles. The summed E-state index contributed by atoms with van der Waals surface area (Å²) in [6, 6.07) is 3.61. The SMILES string of the molecule is CNCc1cc(C)c(Br)c(S(=O)(=O)Nc2nc(C)cs2)c1. The van der Waals surface area contributed by atoms with Crippen molar-refractivity contribution in [3.05, 3.63) is 38.8 Å². The highest BCUT2D eigenvalue weighted by atomic mass is 79.9. The van der Waals surface area contributed by atoms with Gasteiger partial charge in [0.25, 0.3) is 10.0 Å². The Bertz CT molecular complexity index is 757. The van der Waals surface area contributed by atoms with E-state index >= 15 is 0 Å². The number of aromatic nitrogens is 1. The first-order chi connectivity index (χ1) is 9.83. The van der Waals surface area contributed by atoms with Gasteiger partial charge in [0.2, 0.25) is 0 Å². The van der Waals surface area contributed by atoms with Crippen LogP contribution in [0.5, 0.6) is 0 Å². The molecule has 0 aliphatic heterocycles. The number of hydrogen-bond donors (Lipinski definition) is 2. The first kappa shape index (κ1) is 16.4. The fraction of sp³-hybridized carbons (Fsp3) is 0.308. The Morgan fingerprint density at radius 3 is 2.62 bits per heavy atom. The topological polar surface area (TPSA) is 71.1 Å². The normalized spacial score (nSPS) is 11.6. The van der Waals surface area contributed by atoms with Crippen LogP contribution in [0.25, 0.3) is 0 Å². The minimum absolute atomic E-state index is 0.223. The molecule has 0 amide bonds. The molecule has 21 heavy (non-hydrogen) atoms. The lowest BCUT2D eigenvalue weighted by atomic mass is 10.1. The van der Waals surface area contributed by atoms with Crippen LogP contribution in [0.1, 0.15) is 16.8 Å². The zero-order valence-electron chi connectivity index (χ0n) is 11.9. The average Bonchev–Trinajstić information content (AvgIpc) is 2.78. The minimum Gasteiger partial charge on any atom is -0.316 e. The van der Waals surface area contributed by atoms with Gasteiger partial charge >= 0.3 is 0 Å². The van der Waals surface area contributed by atoms with Gasteiger partial charge in [0.05, 0.1) is 5.69 Å². The summed E-state index contributed by atoms with van der Waals surface area (Å²) < 4.78 is 28.2. The van der Waals surface area contributed by atoms with Gasteiger partial charge in [-0.2, -0.15) is 0 Å². The van der Waals surface area contributed by atoms with Crippen molar-refractivity contribution in [2.75, 3.05) is 11.8 Å². The van der Waals surface area contributed by atoms with Crippen molar-refractivity contribution < 1.29 is 8.42 Å². The number of rotatable bonds is 5. The van der Waals surface area contributed by atoms with E-state index in [0.717, 1.165) is 16.8 Å². The minimum atomic E-state index is -3.67. The summed E-state index contributed by atoms with van der Waals surface area (Å²) in [5.74, 6) is 0. The molecule has 5 nitrogen and oxygen atoms in total. The lowest BCUT2D eigenvalue weighted by Gasteiger charge is -2.12. The van der Waals surface area contributed by atoms with E-state index in [1.165, 1.54) is 11.3 Å². The molecule has 114 valence electrons. The number of hydrogen-bond acceptors (Lipinski definition) is 5. The monoisotopic (exact) mass is 389 g/mol. The third kappa shape index (κ3) is 3.82. The van der Waals surface area contributed by atoms with Crippen molar-refractivity contribution in [3.63, 3.8) is 0 Å². The molecule has 0 radical (unpaired) electrons. The standard InChI is InChI=1S/C13H16BrN3O2S2/c1-8-4-10(6-15-3)5-11(12(8)14)21(18,19)17-13-16-9(2)7-20-13/h4-5,7,15H,6H2,1-3H3,(H,16,17). The molecule has 0 spiro atoms. The maximum Gasteiger partial charge on any atom is 0.264 e. The first-order valence-corrected chi connectivity index (χ1v) is 9.37. The zero-order chi connectivity index (χ0) is 15.6. The number of nitrogens with one attached hydrogen (secondary N) is 2. The van der Waals surface area contributed by atoms with Crippen molar-refractivity contribution in [1.82, 2.24) is 10.3 Å². The number of halogens is 1. The van der Waals surface area contributed by atoms with E-state index in [9.17, 15) is 8.42 Å².